The molecule has 102 valence electrons. The molecule has 0 bridgehead atoms. The minimum atomic E-state index is -3.62. The number of nitrogens with one attached hydrogen (secondary N) is 1. The highest BCUT2D eigenvalue weighted by Gasteiger charge is 2.14. The number of aliphatic hydroxyl groups is 1. The van der Waals surface area contributed by atoms with E-state index in [9.17, 15) is 8.42 Å². The number of hydrogen-bond acceptors (Lipinski definition) is 5. The smallest absolute Gasteiger partial charge is 0.258 e. The molecule has 0 radical (unpaired) electrons. The molecule has 0 aliphatic heterocycles. The molecule has 0 aliphatic rings. The second-order valence-electron chi connectivity index (χ2n) is 3.89. The summed E-state index contributed by atoms with van der Waals surface area (Å²) < 4.78 is 31.3. The number of hydrogen-bond donors (Lipinski definition) is 2. The third kappa shape index (κ3) is 3.63. The third-order valence-corrected chi connectivity index (χ3v) is 3.88. The van der Waals surface area contributed by atoms with Gasteiger partial charge in [0.15, 0.2) is 5.03 Å². The molecule has 2 aromatic heterocycles. The number of pyridine rings is 1. The number of aromatic nitrogens is 1. The first-order valence-electron chi connectivity index (χ1n) is 5.69. The molecule has 2 N–H and O–H groups in total. The number of nitrogens with zero attached hydrogens (tertiary/aromatic N) is 1. The maximum Gasteiger partial charge on any atom is 0.258 e. The topological polar surface area (TPSA) is 92.4 Å². The van der Waals surface area contributed by atoms with E-state index in [4.69, 9.17) is 9.52 Å². The van der Waals surface area contributed by atoms with Gasteiger partial charge in [0.25, 0.3) is 10.0 Å². The summed E-state index contributed by atoms with van der Waals surface area (Å²) in [5, 5.41) is 8.80. The zero-order valence-corrected chi connectivity index (χ0v) is 10.9. The van der Waals surface area contributed by atoms with E-state index in [0.717, 1.165) is 0 Å². The van der Waals surface area contributed by atoms with Crippen LogP contribution in [0.5, 0.6) is 0 Å². The summed E-state index contributed by atoms with van der Waals surface area (Å²) in [4.78, 5) is 3.80. The van der Waals surface area contributed by atoms with Gasteiger partial charge in [-0.1, -0.05) is 6.07 Å². The molecular formula is C12H14N2O4S. The van der Waals surface area contributed by atoms with Crippen molar-refractivity contribution in [3.05, 3.63) is 48.0 Å². The lowest BCUT2D eigenvalue weighted by Crippen LogP contribution is -2.26. The Hall–Kier alpha value is -1.70. The van der Waals surface area contributed by atoms with Gasteiger partial charge < -0.3 is 9.52 Å². The summed E-state index contributed by atoms with van der Waals surface area (Å²) >= 11 is 0. The predicted octanol–water partition coefficient (Wildman–Crippen LogP) is 0.688. The summed E-state index contributed by atoms with van der Waals surface area (Å²) in [7, 11) is -3.62. The fraction of sp³-hybridized carbons (Fsp3) is 0.250. The molecule has 0 atom stereocenters. The molecule has 0 fully saturated rings. The van der Waals surface area contributed by atoms with Crippen molar-refractivity contribution in [2.75, 3.05) is 6.54 Å². The second kappa shape index (κ2) is 5.96. The van der Waals surface area contributed by atoms with Gasteiger partial charge in [0, 0.05) is 19.2 Å². The highest BCUT2D eigenvalue weighted by molar-refractivity contribution is 7.89. The van der Waals surface area contributed by atoms with Gasteiger partial charge in [0.05, 0.1) is 12.9 Å². The molecule has 2 aromatic rings. The molecule has 6 nitrogen and oxygen atoms in total. The van der Waals surface area contributed by atoms with Crippen molar-refractivity contribution < 1.29 is 17.9 Å². The Kier molecular flexibility index (Phi) is 4.31. The summed E-state index contributed by atoms with van der Waals surface area (Å²) in [6.07, 6.45) is 3.35. The van der Waals surface area contributed by atoms with Crippen molar-refractivity contribution in [3.8, 4) is 0 Å². The van der Waals surface area contributed by atoms with Crippen LogP contribution in [0.1, 0.15) is 11.3 Å². The quantitative estimate of drug-likeness (QED) is 0.813. The van der Waals surface area contributed by atoms with Crippen molar-refractivity contribution in [1.29, 1.82) is 0 Å². The van der Waals surface area contributed by atoms with Gasteiger partial charge in [-0.15, -0.1) is 0 Å². The minimum absolute atomic E-state index is 0.0656. The molecule has 7 heteroatoms. The zero-order chi connectivity index (χ0) is 13.7. The summed E-state index contributed by atoms with van der Waals surface area (Å²) in [6, 6.07) is 6.41. The minimum Gasteiger partial charge on any atom is -0.469 e. The van der Waals surface area contributed by atoms with Crippen LogP contribution in [0.4, 0.5) is 0 Å². The molecule has 0 aliphatic carbocycles. The first-order chi connectivity index (χ1) is 9.12. The Morgan fingerprint density at radius 1 is 1.32 bits per heavy atom. The SMILES string of the molecule is O=S(=O)(NCCc1ccco1)c1ccc(CO)cn1. The van der Waals surface area contributed by atoms with Gasteiger partial charge in [-0.3, -0.25) is 0 Å². The largest absolute Gasteiger partial charge is 0.469 e. The molecule has 0 spiro atoms. The van der Waals surface area contributed by atoms with E-state index in [2.05, 4.69) is 9.71 Å². The Labute approximate surface area is 111 Å². The van der Waals surface area contributed by atoms with Crippen LogP contribution in [0.2, 0.25) is 0 Å². The number of sulfonamides is 1. The Morgan fingerprint density at radius 3 is 2.74 bits per heavy atom. The van der Waals surface area contributed by atoms with Gasteiger partial charge in [0.2, 0.25) is 0 Å². The van der Waals surface area contributed by atoms with E-state index in [1.165, 1.54) is 18.3 Å². The lowest BCUT2D eigenvalue weighted by molar-refractivity contribution is 0.281. The van der Waals surface area contributed by atoms with Gasteiger partial charge >= 0.3 is 0 Å². The highest BCUT2D eigenvalue weighted by atomic mass is 32.2. The molecule has 0 aromatic carbocycles. The fourth-order valence-electron chi connectivity index (χ4n) is 1.50. The van der Waals surface area contributed by atoms with Crippen LogP contribution >= 0.6 is 0 Å². The Balaban J connectivity index is 1.97. The van der Waals surface area contributed by atoms with Crippen molar-refractivity contribution in [2.24, 2.45) is 0 Å². The van der Waals surface area contributed by atoms with Crippen molar-refractivity contribution >= 4 is 10.0 Å². The fourth-order valence-corrected chi connectivity index (χ4v) is 2.46. The van der Waals surface area contributed by atoms with E-state index < -0.39 is 10.0 Å². The molecule has 19 heavy (non-hydrogen) atoms. The van der Waals surface area contributed by atoms with Gasteiger partial charge in [-0.05, 0) is 23.8 Å². The van der Waals surface area contributed by atoms with Crippen LogP contribution < -0.4 is 4.72 Å². The van der Waals surface area contributed by atoms with Crippen LogP contribution in [0.15, 0.2) is 46.2 Å². The van der Waals surface area contributed by atoms with Gasteiger partial charge in [-0.2, -0.15) is 0 Å². The van der Waals surface area contributed by atoms with Crippen molar-refractivity contribution in [3.63, 3.8) is 0 Å². The lowest BCUT2D eigenvalue weighted by Gasteiger charge is -2.05. The molecule has 0 saturated carbocycles. The molecule has 0 unspecified atom stereocenters. The number of furan rings is 1. The van der Waals surface area contributed by atoms with Crippen molar-refractivity contribution in [1.82, 2.24) is 9.71 Å². The van der Waals surface area contributed by atoms with Crippen LogP contribution in [0.25, 0.3) is 0 Å². The summed E-state index contributed by atoms with van der Waals surface area (Å²) in [5.41, 5.74) is 0.564. The third-order valence-electron chi connectivity index (χ3n) is 2.50. The summed E-state index contributed by atoms with van der Waals surface area (Å²) in [6.45, 7) is 0.0680. The Bertz CT molecular complexity index is 606. The normalized spacial score (nSPS) is 11.6. The van der Waals surface area contributed by atoms with Crippen LogP contribution in [-0.2, 0) is 23.1 Å². The number of rotatable bonds is 6. The molecule has 2 rings (SSSR count). The Morgan fingerprint density at radius 2 is 2.16 bits per heavy atom. The van der Waals surface area contributed by atoms with Crippen LogP contribution in [0.3, 0.4) is 0 Å². The molecule has 0 amide bonds. The molecular weight excluding hydrogens is 268 g/mol. The van der Waals surface area contributed by atoms with E-state index in [0.29, 0.717) is 17.7 Å². The second-order valence-corrected chi connectivity index (χ2v) is 5.60. The average molecular weight is 282 g/mol. The first-order valence-corrected chi connectivity index (χ1v) is 7.18. The van der Waals surface area contributed by atoms with Crippen molar-refractivity contribution in [2.45, 2.75) is 18.1 Å². The lowest BCUT2D eigenvalue weighted by atomic mass is 10.3. The predicted molar refractivity (Wildman–Crippen MR) is 67.8 cm³/mol. The van der Waals surface area contributed by atoms with E-state index >= 15 is 0 Å². The standard InChI is InChI=1S/C12H14N2O4S/c15-9-10-3-4-12(13-8-10)19(16,17)14-6-5-11-2-1-7-18-11/h1-4,7-8,14-15H,5-6,9H2. The van der Waals surface area contributed by atoms with Gasteiger partial charge in [0.1, 0.15) is 5.76 Å². The first kappa shape index (κ1) is 13.7. The molecule has 2 heterocycles. The van der Waals surface area contributed by atoms with E-state index in [1.807, 2.05) is 0 Å². The average Bonchev–Trinajstić information content (AvgIpc) is 2.92. The summed E-state index contributed by atoms with van der Waals surface area (Å²) in [5.74, 6) is 0.714. The molecule has 0 saturated heterocycles. The highest BCUT2D eigenvalue weighted by Crippen LogP contribution is 2.07. The van der Waals surface area contributed by atoms with E-state index in [1.54, 1.807) is 18.4 Å². The number of aliphatic hydroxyl groups excluding tert-OH is 1. The van der Waals surface area contributed by atoms with Crippen LogP contribution in [-0.4, -0.2) is 25.1 Å². The monoisotopic (exact) mass is 282 g/mol. The zero-order valence-electron chi connectivity index (χ0n) is 10.1. The van der Waals surface area contributed by atoms with Crippen LogP contribution in [0, 0.1) is 0 Å². The maximum atomic E-state index is 11.9. The van der Waals surface area contributed by atoms with Gasteiger partial charge in [-0.25, -0.2) is 18.1 Å². The maximum absolute atomic E-state index is 11.9. The van der Waals surface area contributed by atoms with E-state index in [-0.39, 0.29) is 18.2 Å².